The summed E-state index contributed by atoms with van der Waals surface area (Å²) in [5.74, 6) is -0.176. The summed E-state index contributed by atoms with van der Waals surface area (Å²) in [6, 6.07) is 7.54. The van der Waals surface area contributed by atoms with E-state index in [1.165, 1.54) is 30.6 Å². The van der Waals surface area contributed by atoms with E-state index in [4.69, 9.17) is 0 Å². The summed E-state index contributed by atoms with van der Waals surface area (Å²) in [5, 5.41) is 10.7. The Labute approximate surface area is 116 Å². The van der Waals surface area contributed by atoms with Crippen LogP contribution in [0.5, 0.6) is 0 Å². The molecule has 0 unspecified atom stereocenters. The number of benzene rings is 1. The van der Waals surface area contributed by atoms with Crippen molar-refractivity contribution in [1.29, 1.82) is 0 Å². The molecule has 90 valence electrons. The first-order valence-electron chi connectivity index (χ1n) is 4.98. The molecule has 0 radical (unpaired) electrons. The van der Waals surface area contributed by atoms with Crippen molar-refractivity contribution in [1.82, 2.24) is 4.98 Å². The lowest BCUT2D eigenvalue weighted by atomic mass is 10.0. The molecular weight excluding hydrogens is 347 g/mol. The van der Waals surface area contributed by atoms with Crippen LogP contribution in [0.4, 0.5) is 5.69 Å². The zero-order valence-electron chi connectivity index (χ0n) is 9.04. The van der Waals surface area contributed by atoms with Gasteiger partial charge >= 0.3 is 0 Å². The molecule has 0 saturated carbocycles. The van der Waals surface area contributed by atoms with Gasteiger partial charge in [0.05, 0.1) is 8.49 Å². The van der Waals surface area contributed by atoms with E-state index in [0.29, 0.717) is 14.7 Å². The summed E-state index contributed by atoms with van der Waals surface area (Å²) >= 11 is 1.85. The number of aromatic nitrogens is 1. The van der Waals surface area contributed by atoms with Crippen LogP contribution in [-0.4, -0.2) is 15.7 Å². The molecule has 0 atom stereocenters. The zero-order chi connectivity index (χ0) is 13.1. The van der Waals surface area contributed by atoms with Gasteiger partial charge in [-0.05, 0) is 46.9 Å². The summed E-state index contributed by atoms with van der Waals surface area (Å²) in [5.41, 5.74) is 0.938. The van der Waals surface area contributed by atoms with Crippen LogP contribution < -0.4 is 0 Å². The van der Waals surface area contributed by atoms with Crippen molar-refractivity contribution in [2.75, 3.05) is 0 Å². The van der Waals surface area contributed by atoms with Crippen LogP contribution in [0.15, 0.2) is 42.7 Å². The summed E-state index contributed by atoms with van der Waals surface area (Å²) in [4.78, 5) is 26.1. The lowest BCUT2D eigenvalue weighted by molar-refractivity contribution is -0.385. The van der Waals surface area contributed by atoms with E-state index in [9.17, 15) is 14.9 Å². The van der Waals surface area contributed by atoms with Gasteiger partial charge in [-0.2, -0.15) is 0 Å². The van der Waals surface area contributed by atoms with Crippen LogP contribution in [-0.2, 0) is 0 Å². The van der Waals surface area contributed by atoms with Crippen LogP contribution in [0.25, 0.3) is 0 Å². The predicted octanol–water partition coefficient (Wildman–Crippen LogP) is 2.83. The van der Waals surface area contributed by atoms with Gasteiger partial charge in [-0.1, -0.05) is 0 Å². The molecule has 18 heavy (non-hydrogen) atoms. The monoisotopic (exact) mass is 354 g/mol. The minimum Gasteiger partial charge on any atom is -0.289 e. The molecule has 0 spiro atoms. The van der Waals surface area contributed by atoms with Gasteiger partial charge < -0.3 is 0 Å². The Balaban J connectivity index is 2.39. The van der Waals surface area contributed by atoms with Crippen LogP contribution >= 0.6 is 22.6 Å². The first-order valence-corrected chi connectivity index (χ1v) is 6.06. The second-order valence-corrected chi connectivity index (χ2v) is 4.65. The summed E-state index contributed by atoms with van der Waals surface area (Å²) in [6.45, 7) is 0. The van der Waals surface area contributed by atoms with E-state index in [1.54, 1.807) is 12.1 Å². The average molecular weight is 354 g/mol. The third-order valence-electron chi connectivity index (χ3n) is 2.35. The molecular formula is C12H7IN2O3. The van der Waals surface area contributed by atoms with Crippen LogP contribution in [0.1, 0.15) is 15.9 Å². The Bertz CT molecular complexity index is 614. The van der Waals surface area contributed by atoms with Crippen molar-refractivity contribution in [3.63, 3.8) is 0 Å². The maximum absolute atomic E-state index is 12.1. The largest absolute Gasteiger partial charge is 0.289 e. The quantitative estimate of drug-likeness (QED) is 0.368. The number of ketones is 1. The van der Waals surface area contributed by atoms with Gasteiger partial charge in [0, 0.05) is 29.6 Å². The molecule has 0 N–H and O–H groups in total. The Morgan fingerprint density at radius 1 is 1.17 bits per heavy atom. The SMILES string of the molecule is O=C(c1ccncc1)c1ccc([N+](=O)[O-])c(I)c1. The second kappa shape index (κ2) is 5.21. The van der Waals surface area contributed by atoms with Crippen molar-refractivity contribution in [3.05, 3.63) is 67.5 Å². The van der Waals surface area contributed by atoms with Gasteiger partial charge in [-0.3, -0.25) is 19.9 Å². The molecule has 5 nitrogen and oxygen atoms in total. The fourth-order valence-corrected chi connectivity index (χ4v) is 2.18. The van der Waals surface area contributed by atoms with E-state index in [-0.39, 0.29) is 11.5 Å². The molecule has 0 aliphatic carbocycles. The minimum atomic E-state index is -0.470. The van der Waals surface area contributed by atoms with Crippen LogP contribution in [0.3, 0.4) is 0 Å². The summed E-state index contributed by atoms with van der Waals surface area (Å²) in [7, 11) is 0. The van der Waals surface area contributed by atoms with Crippen molar-refractivity contribution < 1.29 is 9.72 Å². The number of nitro benzene ring substituents is 1. The lowest BCUT2D eigenvalue weighted by Gasteiger charge is -2.02. The predicted molar refractivity (Wildman–Crippen MR) is 73.5 cm³/mol. The lowest BCUT2D eigenvalue weighted by Crippen LogP contribution is -2.02. The molecule has 0 bridgehead atoms. The Kier molecular flexibility index (Phi) is 3.66. The highest BCUT2D eigenvalue weighted by Crippen LogP contribution is 2.22. The number of nitro groups is 1. The Hall–Kier alpha value is -1.83. The van der Waals surface area contributed by atoms with E-state index < -0.39 is 4.92 Å². The third-order valence-corrected chi connectivity index (χ3v) is 3.21. The highest BCUT2D eigenvalue weighted by atomic mass is 127. The van der Waals surface area contributed by atoms with Gasteiger partial charge in [0.25, 0.3) is 5.69 Å². The first kappa shape index (κ1) is 12.6. The smallest absolute Gasteiger partial charge is 0.282 e. The first-order chi connectivity index (χ1) is 8.59. The molecule has 2 rings (SSSR count). The number of pyridine rings is 1. The highest BCUT2D eigenvalue weighted by Gasteiger charge is 2.15. The van der Waals surface area contributed by atoms with Crippen molar-refractivity contribution >= 4 is 34.1 Å². The number of hydrogen-bond acceptors (Lipinski definition) is 4. The number of carbonyl (C=O) groups is 1. The highest BCUT2D eigenvalue weighted by molar-refractivity contribution is 14.1. The molecule has 0 aliphatic rings. The topological polar surface area (TPSA) is 73.1 Å². The van der Waals surface area contributed by atoms with Gasteiger partial charge in [-0.15, -0.1) is 0 Å². The number of hydrogen-bond donors (Lipinski definition) is 0. The molecule has 0 fully saturated rings. The van der Waals surface area contributed by atoms with E-state index in [1.807, 2.05) is 22.6 Å². The van der Waals surface area contributed by atoms with Gasteiger partial charge in [0.15, 0.2) is 5.78 Å². The van der Waals surface area contributed by atoms with Crippen molar-refractivity contribution in [2.24, 2.45) is 0 Å². The number of carbonyl (C=O) groups excluding carboxylic acids is 1. The summed E-state index contributed by atoms with van der Waals surface area (Å²) < 4.78 is 0.442. The van der Waals surface area contributed by atoms with E-state index >= 15 is 0 Å². The number of halogens is 1. The normalized spacial score (nSPS) is 10.1. The second-order valence-electron chi connectivity index (χ2n) is 3.49. The Morgan fingerprint density at radius 2 is 1.83 bits per heavy atom. The molecule has 0 amide bonds. The van der Waals surface area contributed by atoms with Crippen LogP contribution in [0, 0.1) is 13.7 Å². The molecule has 1 aromatic heterocycles. The van der Waals surface area contributed by atoms with Gasteiger partial charge in [0.2, 0.25) is 0 Å². The molecule has 1 aromatic carbocycles. The van der Waals surface area contributed by atoms with Crippen molar-refractivity contribution in [3.8, 4) is 0 Å². The molecule has 1 heterocycles. The molecule has 0 saturated heterocycles. The van der Waals surface area contributed by atoms with Crippen LogP contribution in [0.2, 0.25) is 0 Å². The molecule has 2 aromatic rings. The van der Waals surface area contributed by atoms with Crippen molar-refractivity contribution in [2.45, 2.75) is 0 Å². The average Bonchev–Trinajstić information content (AvgIpc) is 2.38. The third kappa shape index (κ3) is 2.53. The Morgan fingerprint density at radius 3 is 2.39 bits per heavy atom. The number of nitrogens with zero attached hydrogens (tertiary/aromatic N) is 2. The van der Waals surface area contributed by atoms with Gasteiger partial charge in [0.1, 0.15) is 0 Å². The zero-order valence-corrected chi connectivity index (χ0v) is 11.2. The standard InChI is InChI=1S/C12H7IN2O3/c13-10-7-9(1-2-11(10)15(17)18)12(16)8-3-5-14-6-4-8/h1-7H. The maximum atomic E-state index is 12.1. The fraction of sp³-hybridized carbons (Fsp3) is 0. The maximum Gasteiger partial charge on any atom is 0.282 e. The summed E-state index contributed by atoms with van der Waals surface area (Å²) in [6.07, 6.45) is 3.06. The molecule has 6 heteroatoms. The number of rotatable bonds is 3. The van der Waals surface area contributed by atoms with Gasteiger partial charge in [-0.25, -0.2) is 0 Å². The van der Waals surface area contributed by atoms with E-state index in [2.05, 4.69) is 4.98 Å². The minimum absolute atomic E-state index is 0.00174. The fourth-order valence-electron chi connectivity index (χ4n) is 1.47. The van der Waals surface area contributed by atoms with E-state index in [0.717, 1.165) is 0 Å². The molecule has 0 aliphatic heterocycles.